The van der Waals surface area contributed by atoms with Crippen molar-refractivity contribution in [2.45, 2.75) is 24.8 Å². The second-order valence-corrected chi connectivity index (χ2v) is 4.07. The van der Waals surface area contributed by atoms with E-state index in [2.05, 4.69) is 25.1 Å². The van der Waals surface area contributed by atoms with Crippen molar-refractivity contribution in [1.82, 2.24) is 0 Å². The van der Waals surface area contributed by atoms with Gasteiger partial charge in [0, 0.05) is 10.6 Å². The number of rotatable bonds is 3. The van der Waals surface area contributed by atoms with Crippen LogP contribution in [0.3, 0.4) is 0 Å². The van der Waals surface area contributed by atoms with Gasteiger partial charge in [-0.3, -0.25) is 0 Å². The highest BCUT2D eigenvalue weighted by Gasteiger charge is 1.97. The number of aliphatic hydroxyl groups is 1. The molecule has 0 aliphatic heterocycles. The van der Waals surface area contributed by atoms with Crippen LogP contribution in [0.25, 0.3) is 0 Å². The van der Waals surface area contributed by atoms with Crippen LogP contribution in [0.1, 0.15) is 12.5 Å². The maximum absolute atomic E-state index is 9.06. The second kappa shape index (κ2) is 4.53. The van der Waals surface area contributed by atoms with Crippen LogP contribution in [0.2, 0.25) is 0 Å². The van der Waals surface area contributed by atoms with Gasteiger partial charge in [0.1, 0.15) is 0 Å². The first-order valence-corrected chi connectivity index (χ1v) is 5.04. The Bertz CT molecular complexity index is 245. The molecule has 1 N–H and O–H groups in total. The molecule has 0 aliphatic rings. The third-order valence-electron chi connectivity index (χ3n) is 1.48. The summed E-state index contributed by atoms with van der Waals surface area (Å²) in [5.74, 6) is 0.767. The molecule has 0 fully saturated rings. The maximum Gasteiger partial charge on any atom is 0.0606 e. The zero-order chi connectivity index (χ0) is 8.97. The van der Waals surface area contributed by atoms with Gasteiger partial charge in [-0.05, 0) is 26.0 Å². The van der Waals surface area contributed by atoms with E-state index in [4.69, 9.17) is 5.11 Å². The van der Waals surface area contributed by atoms with Gasteiger partial charge in [0.2, 0.25) is 0 Å². The fourth-order valence-electron chi connectivity index (χ4n) is 0.922. The third kappa shape index (κ3) is 3.28. The SMILES string of the molecule is Cc1cccc(SCC(C)O)c1. The Hall–Kier alpha value is -0.470. The molecule has 0 aromatic heterocycles. The lowest BCUT2D eigenvalue weighted by Gasteiger charge is -2.04. The van der Waals surface area contributed by atoms with E-state index in [9.17, 15) is 0 Å². The van der Waals surface area contributed by atoms with Crippen molar-refractivity contribution in [3.8, 4) is 0 Å². The van der Waals surface area contributed by atoms with Crippen molar-refractivity contribution < 1.29 is 5.11 Å². The van der Waals surface area contributed by atoms with E-state index < -0.39 is 0 Å². The van der Waals surface area contributed by atoms with Crippen LogP contribution in [0.4, 0.5) is 0 Å². The van der Waals surface area contributed by atoms with Crippen molar-refractivity contribution in [2.24, 2.45) is 0 Å². The highest BCUT2D eigenvalue weighted by atomic mass is 32.2. The van der Waals surface area contributed by atoms with Gasteiger partial charge < -0.3 is 5.11 Å². The van der Waals surface area contributed by atoms with Gasteiger partial charge in [-0.15, -0.1) is 11.8 Å². The molecule has 0 radical (unpaired) electrons. The van der Waals surface area contributed by atoms with Crippen LogP contribution in [0, 0.1) is 6.92 Å². The molecule has 0 saturated heterocycles. The van der Waals surface area contributed by atoms with Gasteiger partial charge in [0.05, 0.1) is 6.10 Å². The molecule has 1 rings (SSSR count). The minimum Gasteiger partial charge on any atom is -0.393 e. The molecule has 1 nitrogen and oxygen atoms in total. The Labute approximate surface area is 77.8 Å². The van der Waals surface area contributed by atoms with Crippen molar-refractivity contribution in [3.05, 3.63) is 29.8 Å². The van der Waals surface area contributed by atoms with E-state index in [1.54, 1.807) is 11.8 Å². The Kier molecular flexibility index (Phi) is 3.63. The summed E-state index contributed by atoms with van der Waals surface area (Å²) in [4.78, 5) is 1.23. The molecule has 1 atom stereocenters. The maximum atomic E-state index is 9.06. The zero-order valence-electron chi connectivity index (χ0n) is 7.45. The van der Waals surface area contributed by atoms with Gasteiger partial charge in [-0.25, -0.2) is 0 Å². The molecule has 0 saturated carbocycles. The standard InChI is InChI=1S/C10H14OS/c1-8-4-3-5-10(6-8)12-7-9(2)11/h3-6,9,11H,7H2,1-2H3. The summed E-state index contributed by atoms with van der Waals surface area (Å²) in [5, 5.41) is 9.06. The molecule has 1 aromatic rings. The lowest BCUT2D eigenvalue weighted by atomic mass is 10.2. The largest absolute Gasteiger partial charge is 0.393 e. The van der Waals surface area contributed by atoms with E-state index in [0.29, 0.717) is 0 Å². The lowest BCUT2D eigenvalue weighted by Crippen LogP contribution is -2.02. The number of thioether (sulfide) groups is 1. The molecule has 66 valence electrons. The minimum absolute atomic E-state index is 0.226. The van der Waals surface area contributed by atoms with E-state index in [1.165, 1.54) is 10.5 Å². The number of benzene rings is 1. The summed E-state index contributed by atoms with van der Waals surface area (Å²) >= 11 is 1.69. The predicted molar refractivity (Wildman–Crippen MR) is 53.6 cm³/mol. The molecule has 12 heavy (non-hydrogen) atoms. The van der Waals surface area contributed by atoms with E-state index in [1.807, 2.05) is 13.0 Å². The van der Waals surface area contributed by atoms with Crippen molar-refractivity contribution >= 4 is 11.8 Å². The molecular weight excluding hydrogens is 168 g/mol. The average Bonchev–Trinajstić information content (AvgIpc) is 2.01. The van der Waals surface area contributed by atoms with Gasteiger partial charge >= 0.3 is 0 Å². The third-order valence-corrected chi connectivity index (χ3v) is 2.72. The molecule has 0 spiro atoms. The summed E-state index contributed by atoms with van der Waals surface area (Å²) in [7, 11) is 0. The van der Waals surface area contributed by atoms with Crippen LogP contribution >= 0.6 is 11.8 Å². The van der Waals surface area contributed by atoms with Gasteiger partial charge in [-0.2, -0.15) is 0 Å². The Morgan fingerprint density at radius 3 is 2.83 bits per heavy atom. The van der Waals surface area contributed by atoms with Crippen LogP contribution in [-0.2, 0) is 0 Å². The number of aryl methyl sites for hydroxylation is 1. The first-order valence-electron chi connectivity index (χ1n) is 4.06. The van der Waals surface area contributed by atoms with E-state index in [-0.39, 0.29) is 6.10 Å². The molecule has 0 amide bonds. The normalized spacial score (nSPS) is 12.9. The Morgan fingerprint density at radius 1 is 1.50 bits per heavy atom. The summed E-state index contributed by atoms with van der Waals surface area (Å²) in [6, 6.07) is 8.32. The first-order chi connectivity index (χ1) is 5.68. The highest BCUT2D eigenvalue weighted by molar-refractivity contribution is 7.99. The highest BCUT2D eigenvalue weighted by Crippen LogP contribution is 2.19. The summed E-state index contributed by atoms with van der Waals surface area (Å²) in [6.07, 6.45) is -0.226. The monoisotopic (exact) mass is 182 g/mol. The molecule has 0 heterocycles. The second-order valence-electron chi connectivity index (χ2n) is 2.98. The van der Waals surface area contributed by atoms with Crippen LogP contribution < -0.4 is 0 Å². The molecule has 0 aliphatic carbocycles. The number of hydrogen-bond donors (Lipinski definition) is 1. The zero-order valence-corrected chi connectivity index (χ0v) is 8.27. The van der Waals surface area contributed by atoms with E-state index in [0.717, 1.165) is 5.75 Å². The lowest BCUT2D eigenvalue weighted by molar-refractivity contribution is 0.220. The van der Waals surface area contributed by atoms with Crippen LogP contribution in [0.5, 0.6) is 0 Å². The van der Waals surface area contributed by atoms with Crippen LogP contribution in [0.15, 0.2) is 29.2 Å². The molecule has 1 unspecified atom stereocenters. The molecule has 2 heteroatoms. The fourth-order valence-corrected chi connectivity index (χ4v) is 1.80. The van der Waals surface area contributed by atoms with Crippen molar-refractivity contribution in [2.75, 3.05) is 5.75 Å². The molecule has 0 bridgehead atoms. The molecular formula is C10H14OS. The topological polar surface area (TPSA) is 20.2 Å². The van der Waals surface area contributed by atoms with Crippen molar-refractivity contribution in [1.29, 1.82) is 0 Å². The van der Waals surface area contributed by atoms with Crippen molar-refractivity contribution in [3.63, 3.8) is 0 Å². The van der Waals surface area contributed by atoms with Gasteiger partial charge in [-0.1, -0.05) is 17.7 Å². The summed E-state index contributed by atoms with van der Waals surface area (Å²) < 4.78 is 0. The summed E-state index contributed by atoms with van der Waals surface area (Å²) in [6.45, 7) is 3.88. The smallest absolute Gasteiger partial charge is 0.0606 e. The fraction of sp³-hybridized carbons (Fsp3) is 0.400. The predicted octanol–water partition coefficient (Wildman–Crippen LogP) is 2.47. The quantitative estimate of drug-likeness (QED) is 0.725. The van der Waals surface area contributed by atoms with Crippen LogP contribution in [-0.4, -0.2) is 17.0 Å². The summed E-state index contributed by atoms with van der Waals surface area (Å²) in [5.41, 5.74) is 1.27. The Morgan fingerprint density at radius 2 is 2.25 bits per heavy atom. The van der Waals surface area contributed by atoms with Gasteiger partial charge in [0.15, 0.2) is 0 Å². The first kappa shape index (κ1) is 9.62. The number of aliphatic hydroxyl groups excluding tert-OH is 1. The van der Waals surface area contributed by atoms with Gasteiger partial charge in [0.25, 0.3) is 0 Å². The average molecular weight is 182 g/mol. The Balaban J connectivity index is 2.52. The van der Waals surface area contributed by atoms with E-state index >= 15 is 0 Å². The minimum atomic E-state index is -0.226. The molecule has 1 aromatic carbocycles. The number of hydrogen-bond acceptors (Lipinski definition) is 2.